The molecule has 1 aliphatic heterocycles. The van der Waals surface area contributed by atoms with E-state index in [0.717, 1.165) is 6.54 Å². The van der Waals surface area contributed by atoms with Crippen molar-refractivity contribution in [3.63, 3.8) is 0 Å². The highest BCUT2D eigenvalue weighted by Crippen LogP contribution is 2.14. The SMILES string of the molecule is CCN1CCN(S(C)(=O)=O)CC(C(=O)N(C)C)C1. The molecule has 0 bridgehead atoms. The van der Waals surface area contributed by atoms with E-state index in [2.05, 4.69) is 4.90 Å². The maximum Gasteiger partial charge on any atom is 0.227 e. The molecule has 1 unspecified atom stereocenters. The van der Waals surface area contributed by atoms with Gasteiger partial charge in [0.25, 0.3) is 0 Å². The van der Waals surface area contributed by atoms with E-state index >= 15 is 0 Å². The maximum atomic E-state index is 12.1. The summed E-state index contributed by atoms with van der Waals surface area (Å²) >= 11 is 0. The van der Waals surface area contributed by atoms with Crippen LogP contribution in [0.2, 0.25) is 0 Å². The molecule has 0 spiro atoms. The van der Waals surface area contributed by atoms with Gasteiger partial charge in [0.1, 0.15) is 0 Å². The molecule has 1 heterocycles. The standard InChI is InChI=1S/C11H23N3O3S/c1-5-13-6-7-14(18(4,16)17)9-10(8-13)11(15)12(2)3/h10H,5-9H2,1-4H3. The Hall–Kier alpha value is -0.660. The topological polar surface area (TPSA) is 60.9 Å². The highest BCUT2D eigenvalue weighted by atomic mass is 32.2. The van der Waals surface area contributed by atoms with Crippen LogP contribution in [0, 0.1) is 5.92 Å². The van der Waals surface area contributed by atoms with E-state index in [-0.39, 0.29) is 18.4 Å². The molecule has 1 atom stereocenters. The van der Waals surface area contributed by atoms with Crippen LogP contribution < -0.4 is 0 Å². The van der Waals surface area contributed by atoms with Crippen LogP contribution in [-0.2, 0) is 14.8 Å². The molecule has 1 aliphatic rings. The summed E-state index contributed by atoms with van der Waals surface area (Å²) in [6.07, 6.45) is 1.20. The molecule has 1 fully saturated rings. The largest absolute Gasteiger partial charge is 0.348 e. The summed E-state index contributed by atoms with van der Waals surface area (Å²) in [5, 5.41) is 0. The maximum absolute atomic E-state index is 12.1. The molecule has 18 heavy (non-hydrogen) atoms. The van der Waals surface area contributed by atoms with Crippen molar-refractivity contribution in [2.75, 3.05) is 53.1 Å². The van der Waals surface area contributed by atoms with Crippen molar-refractivity contribution in [1.82, 2.24) is 14.1 Å². The Bertz CT molecular complexity index is 394. The predicted octanol–water partition coefficient (Wildman–Crippen LogP) is -0.712. The quantitative estimate of drug-likeness (QED) is 0.683. The van der Waals surface area contributed by atoms with Gasteiger partial charge in [0.15, 0.2) is 0 Å². The fourth-order valence-electron chi connectivity index (χ4n) is 2.16. The average Bonchev–Trinajstić information content (AvgIpc) is 2.49. The zero-order chi connectivity index (χ0) is 13.9. The first-order valence-electron chi connectivity index (χ1n) is 6.14. The van der Waals surface area contributed by atoms with E-state index < -0.39 is 10.0 Å². The molecule has 0 aromatic carbocycles. The number of rotatable bonds is 3. The summed E-state index contributed by atoms with van der Waals surface area (Å²) in [7, 11) is 0.168. The van der Waals surface area contributed by atoms with Gasteiger partial charge in [-0.25, -0.2) is 12.7 Å². The average molecular weight is 277 g/mol. The van der Waals surface area contributed by atoms with Crippen LogP contribution in [-0.4, -0.2) is 81.5 Å². The minimum Gasteiger partial charge on any atom is -0.348 e. The van der Waals surface area contributed by atoms with E-state index in [9.17, 15) is 13.2 Å². The zero-order valence-electron chi connectivity index (χ0n) is 11.6. The molecule has 0 aromatic heterocycles. The van der Waals surface area contributed by atoms with Gasteiger partial charge in [0.05, 0.1) is 12.2 Å². The molecular formula is C11H23N3O3S. The number of hydrogen-bond donors (Lipinski definition) is 0. The first kappa shape index (κ1) is 15.4. The zero-order valence-corrected chi connectivity index (χ0v) is 12.4. The van der Waals surface area contributed by atoms with E-state index in [4.69, 9.17) is 0 Å². The normalized spacial score (nSPS) is 23.7. The number of nitrogens with zero attached hydrogens (tertiary/aromatic N) is 3. The molecule has 1 rings (SSSR count). The van der Waals surface area contributed by atoms with Crippen LogP contribution in [0.5, 0.6) is 0 Å². The second-order valence-electron chi connectivity index (χ2n) is 4.94. The Labute approximate surface area is 110 Å². The van der Waals surface area contributed by atoms with E-state index in [1.165, 1.54) is 15.5 Å². The van der Waals surface area contributed by atoms with Gasteiger partial charge < -0.3 is 9.80 Å². The summed E-state index contributed by atoms with van der Waals surface area (Å²) in [6.45, 7) is 4.90. The third-order valence-electron chi connectivity index (χ3n) is 3.27. The summed E-state index contributed by atoms with van der Waals surface area (Å²) in [4.78, 5) is 15.7. The van der Waals surface area contributed by atoms with Crippen LogP contribution in [0.3, 0.4) is 0 Å². The van der Waals surface area contributed by atoms with Gasteiger partial charge >= 0.3 is 0 Å². The fourth-order valence-corrected chi connectivity index (χ4v) is 3.02. The number of carbonyl (C=O) groups excluding carboxylic acids is 1. The molecule has 0 N–H and O–H groups in total. The fraction of sp³-hybridized carbons (Fsp3) is 0.909. The highest BCUT2D eigenvalue weighted by molar-refractivity contribution is 7.88. The van der Waals surface area contributed by atoms with Crippen molar-refractivity contribution in [3.05, 3.63) is 0 Å². The molecule has 1 saturated heterocycles. The van der Waals surface area contributed by atoms with Gasteiger partial charge in [-0.1, -0.05) is 6.92 Å². The minimum absolute atomic E-state index is 0.0102. The highest BCUT2D eigenvalue weighted by Gasteiger charge is 2.31. The van der Waals surface area contributed by atoms with Gasteiger partial charge in [-0.2, -0.15) is 0 Å². The third-order valence-corrected chi connectivity index (χ3v) is 4.54. The van der Waals surface area contributed by atoms with Crippen LogP contribution in [0.4, 0.5) is 0 Å². The predicted molar refractivity (Wildman–Crippen MR) is 70.7 cm³/mol. The Morgan fingerprint density at radius 1 is 1.28 bits per heavy atom. The first-order valence-corrected chi connectivity index (χ1v) is 7.99. The third kappa shape index (κ3) is 3.93. The van der Waals surface area contributed by atoms with Crippen molar-refractivity contribution in [1.29, 1.82) is 0 Å². The van der Waals surface area contributed by atoms with E-state index in [1.54, 1.807) is 14.1 Å². The van der Waals surface area contributed by atoms with E-state index in [0.29, 0.717) is 19.6 Å². The molecule has 0 saturated carbocycles. The van der Waals surface area contributed by atoms with Gasteiger partial charge in [-0.3, -0.25) is 4.79 Å². The molecule has 0 radical (unpaired) electrons. The van der Waals surface area contributed by atoms with E-state index in [1.807, 2.05) is 6.92 Å². The Balaban J connectivity index is 2.90. The molecular weight excluding hydrogens is 254 g/mol. The van der Waals surface area contributed by atoms with Gasteiger partial charge in [0, 0.05) is 40.3 Å². The Morgan fingerprint density at radius 2 is 1.89 bits per heavy atom. The lowest BCUT2D eigenvalue weighted by Gasteiger charge is -2.24. The summed E-state index contributed by atoms with van der Waals surface area (Å²) in [6, 6.07) is 0. The van der Waals surface area contributed by atoms with Crippen LogP contribution in [0.15, 0.2) is 0 Å². The smallest absolute Gasteiger partial charge is 0.227 e. The molecule has 1 amide bonds. The minimum atomic E-state index is -3.24. The van der Waals surface area contributed by atoms with Crippen LogP contribution >= 0.6 is 0 Å². The van der Waals surface area contributed by atoms with Crippen molar-refractivity contribution in [3.8, 4) is 0 Å². The lowest BCUT2D eigenvalue weighted by molar-refractivity contribution is -0.133. The molecule has 6 nitrogen and oxygen atoms in total. The van der Waals surface area contributed by atoms with Crippen LogP contribution in [0.25, 0.3) is 0 Å². The van der Waals surface area contributed by atoms with Crippen molar-refractivity contribution < 1.29 is 13.2 Å². The lowest BCUT2D eigenvalue weighted by Crippen LogP contribution is -2.41. The van der Waals surface area contributed by atoms with Crippen LogP contribution in [0.1, 0.15) is 6.92 Å². The summed E-state index contributed by atoms with van der Waals surface area (Å²) in [5.74, 6) is -0.291. The molecule has 0 aromatic rings. The second kappa shape index (κ2) is 5.99. The molecule has 0 aliphatic carbocycles. The lowest BCUT2D eigenvalue weighted by atomic mass is 10.1. The molecule has 7 heteroatoms. The Kier molecular flexibility index (Phi) is 5.12. The Morgan fingerprint density at radius 3 is 2.33 bits per heavy atom. The summed E-state index contributed by atoms with van der Waals surface area (Å²) < 4.78 is 24.7. The number of likely N-dealkylation sites (N-methyl/N-ethyl adjacent to an activating group) is 1. The number of amides is 1. The van der Waals surface area contributed by atoms with Gasteiger partial charge in [-0.05, 0) is 6.54 Å². The van der Waals surface area contributed by atoms with Gasteiger partial charge in [0.2, 0.25) is 15.9 Å². The van der Waals surface area contributed by atoms with Crippen molar-refractivity contribution in [2.24, 2.45) is 5.92 Å². The molecule has 106 valence electrons. The van der Waals surface area contributed by atoms with Crippen molar-refractivity contribution >= 4 is 15.9 Å². The second-order valence-corrected chi connectivity index (χ2v) is 6.93. The number of carbonyl (C=O) groups is 1. The van der Waals surface area contributed by atoms with Crippen molar-refractivity contribution in [2.45, 2.75) is 6.92 Å². The monoisotopic (exact) mass is 277 g/mol. The summed E-state index contributed by atoms with van der Waals surface area (Å²) in [5.41, 5.74) is 0. The van der Waals surface area contributed by atoms with Gasteiger partial charge in [-0.15, -0.1) is 0 Å². The first-order chi connectivity index (χ1) is 8.25. The number of sulfonamides is 1. The number of hydrogen-bond acceptors (Lipinski definition) is 4.